The second kappa shape index (κ2) is 6.37. The predicted molar refractivity (Wildman–Crippen MR) is 67.1 cm³/mol. The molecule has 100 valence electrons. The van der Waals surface area contributed by atoms with E-state index in [2.05, 4.69) is 0 Å². The summed E-state index contributed by atoms with van der Waals surface area (Å²) in [5.74, 6) is 0.0610. The molecule has 0 amide bonds. The number of rotatable bonds is 6. The third-order valence-electron chi connectivity index (χ3n) is 2.36. The molecule has 5 heteroatoms. The van der Waals surface area contributed by atoms with Crippen molar-refractivity contribution in [3.05, 3.63) is 29.8 Å². The second-order valence-corrected chi connectivity index (χ2v) is 4.23. The van der Waals surface area contributed by atoms with Crippen molar-refractivity contribution in [2.75, 3.05) is 13.2 Å². The van der Waals surface area contributed by atoms with Gasteiger partial charge in [0.2, 0.25) is 0 Å². The Kier molecular flexibility index (Phi) is 5.12. The fourth-order valence-electron chi connectivity index (χ4n) is 1.32. The molecule has 1 unspecified atom stereocenters. The highest BCUT2D eigenvalue weighted by atomic mass is 16.5. The van der Waals surface area contributed by atoms with Gasteiger partial charge >= 0.3 is 5.97 Å². The minimum absolute atomic E-state index is 0.0146. The number of ether oxygens (including phenoxy) is 2. The maximum absolute atomic E-state index is 11.5. The molecular formula is C13H19NO4. The highest BCUT2D eigenvalue weighted by molar-refractivity contribution is 5.80. The van der Waals surface area contributed by atoms with Crippen molar-refractivity contribution >= 4 is 5.97 Å². The molecule has 1 atom stereocenters. The summed E-state index contributed by atoms with van der Waals surface area (Å²) in [6, 6.07) is 6.97. The van der Waals surface area contributed by atoms with Gasteiger partial charge < -0.3 is 20.3 Å². The number of carbonyl (C=O) groups is 1. The molecule has 1 aromatic rings. The monoisotopic (exact) mass is 253 g/mol. The molecule has 1 rings (SSSR count). The lowest BCUT2D eigenvalue weighted by atomic mass is 10.1. The number of hydrogen-bond donors (Lipinski definition) is 2. The van der Waals surface area contributed by atoms with Crippen molar-refractivity contribution in [1.29, 1.82) is 0 Å². The molecule has 0 aliphatic carbocycles. The van der Waals surface area contributed by atoms with E-state index in [0.29, 0.717) is 5.75 Å². The lowest BCUT2D eigenvalue weighted by Crippen LogP contribution is -2.51. The van der Waals surface area contributed by atoms with Crippen molar-refractivity contribution in [2.45, 2.75) is 26.0 Å². The van der Waals surface area contributed by atoms with Gasteiger partial charge in [0.15, 0.2) is 0 Å². The molecule has 0 fully saturated rings. The molecule has 0 saturated carbocycles. The quantitative estimate of drug-likeness (QED) is 0.734. The molecule has 0 heterocycles. The van der Waals surface area contributed by atoms with E-state index in [0.717, 1.165) is 5.56 Å². The van der Waals surface area contributed by atoms with Crippen LogP contribution >= 0.6 is 0 Å². The Morgan fingerprint density at radius 2 is 2.22 bits per heavy atom. The summed E-state index contributed by atoms with van der Waals surface area (Å²) >= 11 is 0. The van der Waals surface area contributed by atoms with Crippen LogP contribution in [0.1, 0.15) is 19.4 Å². The molecule has 5 nitrogen and oxygen atoms in total. The number of esters is 1. The molecular weight excluding hydrogens is 234 g/mol. The largest absolute Gasteiger partial charge is 0.491 e. The Hall–Kier alpha value is -1.59. The van der Waals surface area contributed by atoms with Crippen LogP contribution in [0.4, 0.5) is 0 Å². The number of carbonyl (C=O) groups excluding carboxylic acids is 1. The zero-order chi connectivity index (χ0) is 13.6. The van der Waals surface area contributed by atoms with E-state index in [1.54, 1.807) is 38.1 Å². The topological polar surface area (TPSA) is 81.8 Å². The summed E-state index contributed by atoms with van der Waals surface area (Å²) in [5, 5.41) is 8.99. The summed E-state index contributed by atoms with van der Waals surface area (Å²) in [4.78, 5) is 11.5. The molecule has 0 spiro atoms. The molecule has 0 aromatic heterocycles. The third kappa shape index (κ3) is 4.01. The maximum atomic E-state index is 11.5. The SMILES string of the molecule is CCOC(=O)C(C)(N)COc1cccc(CO)c1. The standard InChI is InChI=1S/C13H19NO4/c1-3-17-12(16)13(2,14)9-18-11-6-4-5-10(7-11)8-15/h4-7,15H,3,8-9,14H2,1-2H3. The fraction of sp³-hybridized carbons (Fsp3) is 0.462. The summed E-state index contributed by atoms with van der Waals surface area (Å²) in [7, 11) is 0. The first-order valence-electron chi connectivity index (χ1n) is 5.78. The van der Waals surface area contributed by atoms with Crippen LogP contribution in [-0.4, -0.2) is 29.8 Å². The number of hydrogen-bond acceptors (Lipinski definition) is 5. The molecule has 0 aliphatic heterocycles. The Balaban J connectivity index is 2.60. The lowest BCUT2D eigenvalue weighted by molar-refractivity contribution is -0.150. The van der Waals surface area contributed by atoms with E-state index < -0.39 is 11.5 Å². The van der Waals surface area contributed by atoms with Gasteiger partial charge in [-0.25, -0.2) is 4.79 Å². The highest BCUT2D eigenvalue weighted by Gasteiger charge is 2.31. The first-order chi connectivity index (χ1) is 8.49. The van der Waals surface area contributed by atoms with E-state index in [-0.39, 0.29) is 19.8 Å². The van der Waals surface area contributed by atoms with Gasteiger partial charge in [-0.1, -0.05) is 12.1 Å². The Morgan fingerprint density at radius 3 is 2.83 bits per heavy atom. The van der Waals surface area contributed by atoms with Crippen LogP contribution in [0.15, 0.2) is 24.3 Å². The minimum Gasteiger partial charge on any atom is -0.491 e. The number of nitrogens with two attached hydrogens (primary N) is 1. The highest BCUT2D eigenvalue weighted by Crippen LogP contribution is 2.15. The van der Waals surface area contributed by atoms with Crippen LogP contribution in [0.5, 0.6) is 5.75 Å². The van der Waals surface area contributed by atoms with Crippen molar-refractivity contribution in [1.82, 2.24) is 0 Å². The second-order valence-electron chi connectivity index (χ2n) is 4.23. The van der Waals surface area contributed by atoms with Gasteiger partial charge in [0.1, 0.15) is 17.9 Å². The van der Waals surface area contributed by atoms with Crippen molar-refractivity contribution in [3.63, 3.8) is 0 Å². The summed E-state index contributed by atoms with van der Waals surface area (Å²) in [5.41, 5.74) is 5.36. The van der Waals surface area contributed by atoms with Gasteiger partial charge in [0.05, 0.1) is 13.2 Å². The van der Waals surface area contributed by atoms with Crippen LogP contribution in [0, 0.1) is 0 Å². The molecule has 1 aromatic carbocycles. The van der Waals surface area contributed by atoms with E-state index in [1.807, 2.05) is 0 Å². The zero-order valence-electron chi connectivity index (χ0n) is 10.7. The molecule has 0 radical (unpaired) electrons. The van der Waals surface area contributed by atoms with E-state index >= 15 is 0 Å². The third-order valence-corrected chi connectivity index (χ3v) is 2.36. The predicted octanol–water partition coefficient (Wildman–Crippen LogP) is 0.838. The molecule has 18 heavy (non-hydrogen) atoms. The zero-order valence-corrected chi connectivity index (χ0v) is 10.7. The summed E-state index contributed by atoms with van der Waals surface area (Å²) in [6.07, 6.45) is 0. The van der Waals surface area contributed by atoms with E-state index in [4.69, 9.17) is 20.3 Å². The Labute approximate surface area is 107 Å². The number of aliphatic hydroxyl groups excluding tert-OH is 1. The van der Waals surface area contributed by atoms with Crippen molar-refractivity contribution in [3.8, 4) is 5.75 Å². The molecule has 0 aliphatic rings. The summed E-state index contributed by atoms with van der Waals surface area (Å²) < 4.78 is 10.3. The number of benzene rings is 1. The first kappa shape index (κ1) is 14.5. The van der Waals surface area contributed by atoms with Gasteiger partial charge in [-0.15, -0.1) is 0 Å². The smallest absolute Gasteiger partial charge is 0.329 e. The van der Waals surface area contributed by atoms with Crippen LogP contribution in [0.3, 0.4) is 0 Å². The van der Waals surface area contributed by atoms with Gasteiger partial charge in [0.25, 0.3) is 0 Å². The fourth-order valence-corrected chi connectivity index (χ4v) is 1.32. The van der Waals surface area contributed by atoms with Crippen molar-refractivity contribution < 1.29 is 19.4 Å². The van der Waals surface area contributed by atoms with Crippen molar-refractivity contribution in [2.24, 2.45) is 5.73 Å². The Morgan fingerprint density at radius 1 is 1.50 bits per heavy atom. The lowest BCUT2D eigenvalue weighted by Gasteiger charge is -2.22. The van der Waals surface area contributed by atoms with Crippen LogP contribution in [0.25, 0.3) is 0 Å². The average Bonchev–Trinajstić information content (AvgIpc) is 2.37. The molecule has 0 bridgehead atoms. The normalized spacial score (nSPS) is 13.8. The van der Waals surface area contributed by atoms with Gasteiger partial charge in [-0.05, 0) is 31.5 Å². The van der Waals surface area contributed by atoms with Gasteiger partial charge in [-0.3, -0.25) is 0 Å². The van der Waals surface area contributed by atoms with E-state index in [9.17, 15) is 4.79 Å². The maximum Gasteiger partial charge on any atom is 0.329 e. The number of aliphatic hydroxyl groups is 1. The van der Waals surface area contributed by atoms with Crippen LogP contribution in [-0.2, 0) is 16.1 Å². The van der Waals surface area contributed by atoms with E-state index in [1.165, 1.54) is 0 Å². The minimum atomic E-state index is -1.19. The Bertz CT molecular complexity index is 404. The van der Waals surface area contributed by atoms with Crippen LogP contribution in [0.2, 0.25) is 0 Å². The average molecular weight is 253 g/mol. The summed E-state index contributed by atoms with van der Waals surface area (Å²) in [6.45, 7) is 3.52. The first-order valence-corrected chi connectivity index (χ1v) is 5.78. The van der Waals surface area contributed by atoms with Crippen LogP contribution < -0.4 is 10.5 Å². The molecule has 0 saturated heterocycles. The van der Waals surface area contributed by atoms with Gasteiger partial charge in [0, 0.05) is 0 Å². The molecule has 3 N–H and O–H groups in total. The van der Waals surface area contributed by atoms with Gasteiger partial charge in [-0.2, -0.15) is 0 Å².